The highest BCUT2D eigenvalue weighted by Crippen LogP contribution is 2.14. The van der Waals surface area contributed by atoms with E-state index >= 15 is 0 Å². The third-order valence-electron chi connectivity index (χ3n) is 3.88. The number of benzene rings is 1. The fourth-order valence-electron chi connectivity index (χ4n) is 2.61. The van der Waals surface area contributed by atoms with E-state index in [9.17, 15) is 4.79 Å². The number of amides is 1. The maximum Gasteiger partial charge on any atom is 0.220 e. The number of ether oxygens (including phenoxy) is 1. The smallest absolute Gasteiger partial charge is 0.220 e. The van der Waals surface area contributed by atoms with Crippen molar-refractivity contribution < 1.29 is 9.53 Å². The van der Waals surface area contributed by atoms with E-state index in [1.807, 2.05) is 24.3 Å². The third kappa shape index (κ3) is 5.56. The molecule has 0 aromatic heterocycles. The van der Waals surface area contributed by atoms with Gasteiger partial charge in [0.2, 0.25) is 5.91 Å². The largest absolute Gasteiger partial charge is 0.497 e. The number of rotatable bonds is 5. The van der Waals surface area contributed by atoms with Gasteiger partial charge < -0.3 is 15.4 Å². The van der Waals surface area contributed by atoms with Crippen LogP contribution in [0.15, 0.2) is 24.3 Å². The zero-order valence-corrected chi connectivity index (χ0v) is 13.5. The third-order valence-corrected chi connectivity index (χ3v) is 3.88. The molecule has 2 N–H and O–H groups in total. The molecule has 0 radical (unpaired) electrons. The fourth-order valence-corrected chi connectivity index (χ4v) is 2.61. The Morgan fingerprint density at radius 1 is 1.48 bits per heavy atom. The minimum absolute atomic E-state index is 0. The predicted molar refractivity (Wildman–Crippen MR) is 87.2 cm³/mol. The summed E-state index contributed by atoms with van der Waals surface area (Å²) >= 11 is 0. The summed E-state index contributed by atoms with van der Waals surface area (Å²) in [5.41, 5.74) is 1.13. The van der Waals surface area contributed by atoms with Crippen LogP contribution < -0.4 is 15.4 Å². The molecule has 0 bridgehead atoms. The number of aryl methyl sites for hydroxylation is 1. The van der Waals surface area contributed by atoms with Gasteiger partial charge in [0, 0.05) is 18.5 Å². The van der Waals surface area contributed by atoms with Crippen LogP contribution in [0.2, 0.25) is 0 Å². The van der Waals surface area contributed by atoms with E-state index in [2.05, 4.69) is 17.6 Å². The highest BCUT2D eigenvalue weighted by atomic mass is 35.5. The van der Waals surface area contributed by atoms with Gasteiger partial charge in [-0.15, -0.1) is 12.4 Å². The Hall–Kier alpha value is -1.26. The van der Waals surface area contributed by atoms with Crippen molar-refractivity contribution in [2.75, 3.05) is 13.7 Å². The van der Waals surface area contributed by atoms with Crippen LogP contribution in [-0.4, -0.2) is 31.6 Å². The maximum absolute atomic E-state index is 12.0. The Balaban J connectivity index is 0.00000220. The monoisotopic (exact) mass is 312 g/mol. The second kappa shape index (κ2) is 8.90. The molecular formula is C16H25ClN2O2. The molecule has 5 heteroatoms. The highest BCUT2D eigenvalue weighted by Gasteiger charge is 2.21. The van der Waals surface area contributed by atoms with Crippen LogP contribution in [0, 0.1) is 0 Å². The Kier molecular flexibility index (Phi) is 7.54. The lowest BCUT2D eigenvalue weighted by Gasteiger charge is -2.30. The van der Waals surface area contributed by atoms with Crippen LogP contribution in [0.4, 0.5) is 0 Å². The first kappa shape index (κ1) is 17.8. The molecule has 4 nitrogen and oxygen atoms in total. The minimum atomic E-state index is 0. The van der Waals surface area contributed by atoms with Crippen molar-refractivity contribution in [2.45, 2.75) is 44.7 Å². The first-order chi connectivity index (χ1) is 9.69. The normalized spacial score (nSPS) is 21.2. The second-order valence-electron chi connectivity index (χ2n) is 5.41. The molecule has 1 aliphatic heterocycles. The molecule has 21 heavy (non-hydrogen) atoms. The molecular weight excluding hydrogens is 288 g/mol. The van der Waals surface area contributed by atoms with Gasteiger partial charge >= 0.3 is 0 Å². The summed E-state index contributed by atoms with van der Waals surface area (Å²) in [6.07, 6.45) is 3.47. The van der Waals surface area contributed by atoms with Crippen LogP contribution in [-0.2, 0) is 11.2 Å². The number of methoxy groups -OCH3 is 1. The number of hydrogen-bond donors (Lipinski definition) is 2. The predicted octanol–water partition coefficient (Wildman–Crippen LogP) is 2.31. The van der Waals surface area contributed by atoms with Crippen LogP contribution in [0.25, 0.3) is 0 Å². The number of carbonyl (C=O) groups excluding carboxylic acids is 1. The zero-order chi connectivity index (χ0) is 14.4. The van der Waals surface area contributed by atoms with Gasteiger partial charge in [0.05, 0.1) is 7.11 Å². The minimum Gasteiger partial charge on any atom is -0.497 e. The van der Waals surface area contributed by atoms with Crippen molar-refractivity contribution >= 4 is 18.3 Å². The first-order valence-electron chi connectivity index (χ1n) is 7.34. The molecule has 1 fully saturated rings. The second-order valence-corrected chi connectivity index (χ2v) is 5.41. The van der Waals surface area contributed by atoms with Crippen molar-refractivity contribution in [2.24, 2.45) is 0 Å². The van der Waals surface area contributed by atoms with E-state index in [-0.39, 0.29) is 24.4 Å². The average molecular weight is 313 g/mol. The van der Waals surface area contributed by atoms with Crippen molar-refractivity contribution in [3.8, 4) is 5.75 Å². The van der Waals surface area contributed by atoms with Gasteiger partial charge in [-0.25, -0.2) is 0 Å². The topological polar surface area (TPSA) is 50.4 Å². The van der Waals surface area contributed by atoms with E-state index < -0.39 is 0 Å². The van der Waals surface area contributed by atoms with E-state index in [4.69, 9.17) is 4.74 Å². The molecule has 0 aliphatic carbocycles. The van der Waals surface area contributed by atoms with Crippen molar-refractivity contribution in [3.05, 3.63) is 29.8 Å². The van der Waals surface area contributed by atoms with E-state index in [0.717, 1.165) is 37.1 Å². The fraction of sp³-hybridized carbons (Fsp3) is 0.562. The van der Waals surface area contributed by atoms with E-state index in [0.29, 0.717) is 12.5 Å². The molecule has 0 spiro atoms. The number of halogens is 1. The molecule has 1 aromatic rings. The lowest BCUT2D eigenvalue weighted by atomic mass is 9.99. The molecule has 2 rings (SSSR count). The quantitative estimate of drug-likeness (QED) is 0.877. The molecule has 1 aliphatic rings. The lowest BCUT2D eigenvalue weighted by molar-refractivity contribution is -0.122. The van der Waals surface area contributed by atoms with Crippen LogP contribution in [0.1, 0.15) is 31.7 Å². The Labute approximate surface area is 133 Å². The zero-order valence-electron chi connectivity index (χ0n) is 12.7. The first-order valence-corrected chi connectivity index (χ1v) is 7.34. The van der Waals surface area contributed by atoms with Gasteiger partial charge in [0.1, 0.15) is 5.75 Å². The number of piperidine rings is 1. The molecule has 2 unspecified atom stereocenters. The molecule has 1 amide bonds. The Morgan fingerprint density at radius 3 is 3.00 bits per heavy atom. The maximum atomic E-state index is 12.0. The van der Waals surface area contributed by atoms with Crippen molar-refractivity contribution in [1.82, 2.24) is 10.6 Å². The van der Waals surface area contributed by atoms with Gasteiger partial charge in [-0.3, -0.25) is 4.79 Å². The van der Waals surface area contributed by atoms with Crippen molar-refractivity contribution in [3.63, 3.8) is 0 Å². The summed E-state index contributed by atoms with van der Waals surface area (Å²) in [5.74, 6) is 0.974. The highest BCUT2D eigenvalue weighted by molar-refractivity contribution is 5.85. The van der Waals surface area contributed by atoms with Gasteiger partial charge in [0.15, 0.2) is 0 Å². The average Bonchev–Trinajstić information content (AvgIpc) is 2.48. The van der Waals surface area contributed by atoms with Crippen LogP contribution >= 0.6 is 12.4 Å². The van der Waals surface area contributed by atoms with Crippen LogP contribution in [0.5, 0.6) is 5.75 Å². The SMILES string of the molecule is COc1cccc(CCC(=O)NC2CCCNC2C)c1.Cl. The summed E-state index contributed by atoms with van der Waals surface area (Å²) in [7, 11) is 1.66. The molecule has 1 aromatic carbocycles. The van der Waals surface area contributed by atoms with E-state index in [1.54, 1.807) is 7.11 Å². The standard InChI is InChI=1S/C16H24N2O2.ClH/c1-12-15(7-4-10-17-12)18-16(19)9-8-13-5-3-6-14(11-13)20-2;/h3,5-6,11-12,15,17H,4,7-10H2,1-2H3,(H,18,19);1H. The molecule has 1 saturated heterocycles. The summed E-state index contributed by atoms with van der Waals surface area (Å²) < 4.78 is 5.19. The molecule has 2 atom stereocenters. The van der Waals surface area contributed by atoms with Gasteiger partial charge in [0.25, 0.3) is 0 Å². The Bertz CT molecular complexity index is 454. The Morgan fingerprint density at radius 2 is 2.29 bits per heavy atom. The lowest BCUT2D eigenvalue weighted by Crippen LogP contribution is -2.51. The van der Waals surface area contributed by atoms with Gasteiger partial charge in [-0.1, -0.05) is 12.1 Å². The number of carbonyl (C=O) groups is 1. The molecule has 0 saturated carbocycles. The number of hydrogen-bond acceptors (Lipinski definition) is 3. The van der Waals surface area contributed by atoms with Crippen molar-refractivity contribution in [1.29, 1.82) is 0 Å². The van der Waals surface area contributed by atoms with Crippen LogP contribution in [0.3, 0.4) is 0 Å². The van der Waals surface area contributed by atoms with Gasteiger partial charge in [-0.05, 0) is 50.4 Å². The molecule has 1 heterocycles. The van der Waals surface area contributed by atoms with E-state index in [1.165, 1.54) is 0 Å². The summed E-state index contributed by atoms with van der Waals surface area (Å²) in [6.45, 7) is 3.18. The summed E-state index contributed by atoms with van der Waals surface area (Å²) in [5, 5.41) is 6.53. The molecule has 118 valence electrons. The summed E-state index contributed by atoms with van der Waals surface area (Å²) in [4.78, 5) is 12.0. The number of nitrogens with one attached hydrogen (secondary N) is 2. The summed E-state index contributed by atoms with van der Waals surface area (Å²) in [6, 6.07) is 8.52. The van der Waals surface area contributed by atoms with Gasteiger partial charge in [-0.2, -0.15) is 0 Å².